The number of nitro groups is 1. The Labute approximate surface area is 173 Å². The molecule has 29 heavy (non-hydrogen) atoms. The standard InChI is InChI=1S/C20H20ClN5O3/c1-14(20(27)23-17-5-3-2-4-15(17)13-22)24-8-10-25(11-9-24)18-7-6-16(21)12-19(18)26(28)29/h2-7,12,14H,8-11H2,1H3,(H,23,27)/t14-/m1/s1. The van der Waals surface area contributed by atoms with E-state index in [2.05, 4.69) is 11.4 Å². The molecule has 0 radical (unpaired) electrons. The van der Waals surface area contributed by atoms with Gasteiger partial charge in [-0.1, -0.05) is 23.7 Å². The van der Waals surface area contributed by atoms with Crippen molar-refractivity contribution in [2.45, 2.75) is 13.0 Å². The first-order chi connectivity index (χ1) is 13.9. The lowest BCUT2D eigenvalue weighted by molar-refractivity contribution is -0.384. The minimum atomic E-state index is -0.434. The van der Waals surface area contributed by atoms with Gasteiger partial charge in [-0.15, -0.1) is 0 Å². The molecule has 1 atom stereocenters. The highest BCUT2D eigenvalue weighted by Gasteiger charge is 2.28. The summed E-state index contributed by atoms with van der Waals surface area (Å²) >= 11 is 5.89. The molecule has 0 aliphatic carbocycles. The highest BCUT2D eigenvalue weighted by atomic mass is 35.5. The summed E-state index contributed by atoms with van der Waals surface area (Å²) in [5.41, 5.74) is 1.40. The molecular formula is C20H20ClN5O3. The molecule has 150 valence electrons. The quantitative estimate of drug-likeness (QED) is 0.596. The molecule has 1 amide bonds. The van der Waals surface area contributed by atoms with Crippen molar-refractivity contribution in [3.63, 3.8) is 0 Å². The van der Waals surface area contributed by atoms with Crippen molar-refractivity contribution < 1.29 is 9.72 Å². The smallest absolute Gasteiger partial charge is 0.294 e. The third-order valence-electron chi connectivity index (χ3n) is 5.02. The van der Waals surface area contributed by atoms with Gasteiger partial charge in [-0.05, 0) is 31.2 Å². The van der Waals surface area contributed by atoms with Gasteiger partial charge in [0.15, 0.2) is 0 Å². The lowest BCUT2D eigenvalue weighted by Gasteiger charge is -2.38. The van der Waals surface area contributed by atoms with Gasteiger partial charge in [0.05, 0.1) is 22.2 Å². The van der Waals surface area contributed by atoms with E-state index in [9.17, 15) is 14.9 Å². The summed E-state index contributed by atoms with van der Waals surface area (Å²) in [6.45, 7) is 4.07. The summed E-state index contributed by atoms with van der Waals surface area (Å²) in [5.74, 6) is -0.196. The number of carbonyl (C=O) groups is 1. The van der Waals surface area contributed by atoms with Crippen molar-refractivity contribution in [2.24, 2.45) is 0 Å². The van der Waals surface area contributed by atoms with Crippen LogP contribution in [0.4, 0.5) is 17.1 Å². The summed E-state index contributed by atoms with van der Waals surface area (Å²) in [4.78, 5) is 27.5. The van der Waals surface area contributed by atoms with Crippen LogP contribution in [0.3, 0.4) is 0 Å². The number of piperazine rings is 1. The number of amides is 1. The van der Waals surface area contributed by atoms with E-state index in [1.165, 1.54) is 6.07 Å². The van der Waals surface area contributed by atoms with E-state index in [0.717, 1.165) is 0 Å². The number of anilines is 2. The van der Waals surface area contributed by atoms with Crippen LogP contribution in [-0.2, 0) is 4.79 Å². The first-order valence-electron chi connectivity index (χ1n) is 9.13. The van der Waals surface area contributed by atoms with Crippen LogP contribution in [0.15, 0.2) is 42.5 Å². The van der Waals surface area contributed by atoms with E-state index < -0.39 is 11.0 Å². The minimum Gasteiger partial charge on any atom is -0.363 e. The van der Waals surface area contributed by atoms with Crippen molar-refractivity contribution in [3.8, 4) is 6.07 Å². The molecule has 0 aromatic heterocycles. The van der Waals surface area contributed by atoms with E-state index in [1.54, 1.807) is 36.4 Å². The maximum absolute atomic E-state index is 12.6. The largest absolute Gasteiger partial charge is 0.363 e. The Bertz CT molecular complexity index is 967. The van der Waals surface area contributed by atoms with Crippen LogP contribution in [0.1, 0.15) is 12.5 Å². The molecule has 0 unspecified atom stereocenters. The fourth-order valence-electron chi connectivity index (χ4n) is 3.35. The number of carbonyl (C=O) groups excluding carboxylic acids is 1. The van der Waals surface area contributed by atoms with Crippen LogP contribution in [0.5, 0.6) is 0 Å². The average Bonchev–Trinajstić information content (AvgIpc) is 2.73. The SMILES string of the molecule is C[C@H](C(=O)Nc1ccccc1C#N)N1CCN(c2ccc(Cl)cc2[N+](=O)[O-])CC1. The van der Waals surface area contributed by atoms with E-state index >= 15 is 0 Å². The molecule has 0 spiro atoms. The topological polar surface area (TPSA) is 103 Å². The van der Waals surface area contributed by atoms with Crippen LogP contribution in [0, 0.1) is 21.4 Å². The van der Waals surface area contributed by atoms with Gasteiger partial charge < -0.3 is 10.2 Å². The molecule has 9 heteroatoms. The second kappa shape index (κ2) is 8.90. The Kier molecular flexibility index (Phi) is 6.32. The fraction of sp³-hybridized carbons (Fsp3) is 0.300. The van der Waals surface area contributed by atoms with Crippen LogP contribution in [0.25, 0.3) is 0 Å². The third-order valence-corrected chi connectivity index (χ3v) is 5.26. The van der Waals surface area contributed by atoms with Crippen molar-refractivity contribution in [1.82, 2.24) is 4.90 Å². The molecule has 0 saturated carbocycles. The van der Waals surface area contributed by atoms with Crippen molar-refractivity contribution in [2.75, 3.05) is 36.4 Å². The van der Waals surface area contributed by atoms with Gasteiger partial charge in [-0.2, -0.15) is 5.26 Å². The van der Waals surface area contributed by atoms with E-state index in [0.29, 0.717) is 48.1 Å². The Morgan fingerprint density at radius 1 is 1.24 bits per heavy atom. The first kappa shape index (κ1) is 20.6. The Balaban J connectivity index is 1.64. The summed E-state index contributed by atoms with van der Waals surface area (Å²) in [6.07, 6.45) is 0. The summed E-state index contributed by atoms with van der Waals surface area (Å²) < 4.78 is 0. The molecule has 2 aromatic carbocycles. The molecule has 1 N–H and O–H groups in total. The zero-order valence-corrected chi connectivity index (χ0v) is 16.6. The van der Waals surface area contributed by atoms with Gasteiger partial charge in [0.1, 0.15) is 11.8 Å². The monoisotopic (exact) mass is 413 g/mol. The molecule has 8 nitrogen and oxygen atoms in total. The first-order valence-corrected chi connectivity index (χ1v) is 9.51. The minimum absolute atomic E-state index is 0.0233. The number of halogens is 1. The third kappa shape index (κ3) is 4.65. The zero-order valence-electron chi connectivity index (χ0n) is 15.8. The van der Waals surface area contributed by atoms with Gasteiger partial charge in [-0.3, -0.25) is 19.8 Å². The number of para-hydroxylation sites is 1. The molecule has 1 fully saturated rings. The average molecular weight is 414 g/mol. The predicted molar refractivity (Wildman–Crippen MR) is 111 cm³/mol. The number of nitriles is 1. The van der Waals surface area contributed by atoms with Crippen molar-refractivity contribution in [3.05, 3.63) is 63.2 Å². The van der Waals surface area contributed by atoms with E-state index in [-0.39, 0.29) is 11.6 Å². The lowest BCUT2D eigenvalue weighted by Crippen LogP contribution is -2.53. The molecule has 1 heterocycles. The zero-order chi connectivity index (χ0) is 21.0. The number of rotatable bonds is 5. The number of hydrogen-bond acceptors (Lipinski definition) is 6. The van der Waals surface area contributed by atoms with Gasteiger partial charge in [0, 0.05) is 37.3 Å². The predicted octanol–water partition coefficient (Wildman–Crippen LogP) is 3.27. The van der Waals surface area contributed by atoms with E-state index in [4.69, 9.17) is 16.9 Å². The van der Waals surface area contributed by atoms with Crippen molar-refractivity contribution >= 4 is 34.6 Å². The van der Waals surface area contributed by atoms with Gasteiger partial charge in [0.2, 0.25) is 5.91 Å². The van der Waals surface area contributed by atoms with Crippen molar-refractivity contribution in [1.29, 1.82) is 5.26 Å². The second-order valence-corrected chi connectivity index (χ2v) is 7.17. The van der Waals surface area contributed by atoms with Crippen LogP contribution in [0.2, 0.25) is 5.02 Å². The van der Waals surface area contributed by atoms with Crippen LogP contribution >= 0.6 is 11.6 Å². The maximum Gasteiger partial charge on any atom is 0.294 e. The van der Waals surface area contributed by atoms with Crippen LogP contribution in [-0.4, -0.2) is 48.0 Å². The second-order valence-electron chi connectivity index (χ2n) is 6.74. The Morgan fingerprint density at radius 3 is 2.59 bits per heavy atom. The summed E-state index contributed by atoms with van der Waals surface area (Å²) in [5, 5.41) is 23.6. The number of benzene rings is 2. The normalized spacial score (nSPS) is 15.4. The van der Waals surface area contributed by atoms with Crippen LogP contribution < -0.4 is 10.2 Å². The van der Waals surface area contributed by atoms with Gasteiger partial charge in [0.25, 0.3) is 5.69 Å². The Morgan fingerprint density at radius 2 is 1.93 bits per heavy atom. The molecule has 1 aliphatic rings. The number of hydrogen-bond donors (Lipinski definition) is 1. The Hall–Kier alpha value is -3.15. The fourth-order valence-corrected chi connectivity index (χ4v) is 3.52. The molecule has 0 bridgehead atoms. The number of nitrogens with zero attached hydrogens (tertiary/aromatic N) is 4. The summed E-state index contributed by atoms with van der Waals surface area (Å²) in [6, 6.07) is 13.2. The number of nitro benzene ring substituents is 1. The maximum atomic E-state index is 12.6. The molecule has 2 aromatic rings. The lowest BCUT2D eigenvalue weighted by atomic mass is 10.1. The van der Waals surface area contributed by atoms with E-state index in [1.807, 2.05) is 16.7 Å². The van der Waals surface area contributed by atoms with Gasteiger partial charge in [-0.25, -0.2) is 0 Å². The molecule has 1 saturated heterocycles. The molecule has 3 rings (SSSR count). The molecular weight excluding hydrogens is 394 g/mol. The number of nitrogens with one attached hydrogen (secondary N) is 1. The summed E-state index contributed by atoms with van der Waals surface area (Å²) in [7, 11) is 0. The highest BCUT2D eigenvalue weighted by molar-refractivity contribution is 6.30. The van der Waals surface area contributed by atoms with Gasteiger partial charge >= 0.3 is 0 Å². The highest BCUT2D eigenvalue weighted by Crippen LogP contribution is 2.31. The molecule has 1 aliphatic heterocycles.